The van der Waals surface area contributed by atoms with Crippen molar-refractivity contribution in [3.05, 3.63) is 29.3 Å². The summed E-state index contributed by atoms with van der Waals surface area (Å²) in [6, 6.07) is 6.14. The molecular formula is C19H28N2O3. The number of methoxy groups -OCH3 is 1. The fourth-order valence-electron chi connectivity index (χ4n) is 3.05. The molecule has 1 aromatic carbocycles. The van der Waals surface area contributed by atoms with Crippen molar-refractivity contribution < 1.29 is 14.3 Å². The molecule has 1 fully saturated rings. The number of nitrogens with one attached hydrogen (secondary N) is 1. The van der Waals surface area contributed by atoms with Crippen LogP contribution in [-0.4, -0.2) is 36.9 Å². The van der Waals surface area contributed by atoms with Gasteiger partial charge >= 0.3 is 0 Å². The van der Waals surface area contributed by atoms with Crippen molar-refractivity contribution in [1.29, 1.82) is 0 Å². The molecule has 0 unspecified atom stereocenters. The lowest BCUT2D eigenvalue weighted by atomic mass is 9.95. The van der Waals surface area contributed by atoms with Gasteiger partial charge in [-0.15, -0.1) is 0 Å². The average molecular weight is 332 g/mol. The molecule has 1 aliphatic rings. The predicted octanol–water partition coefficient (Wildman–Crippen LogP) is 2.69. The van der Waals surface area contributed by atoms with Gasteiger partial charge in [-0.3, -0.25) is 9.59 Å². The molecule has 2 rings (SSSR count). The van der Waals surface area contributed by atoms with Crippen molar-refractivity contribution in [2.75, 3.05) is 20.2 Å². The molecule has 5 nitrogen and oxygen atoms in total. The molecule has 5 heteroatoms. The zero-order chi connectivity index (χ0) is 17.7. The highest BCUT2D eigenvalue weighted by molar-refractivity contribution is 5.79. The van der Waals surface area contributed by atoms with Crippen molar-refractivity contribution in [2.45, 2.75) is 46.1 Å². The van der Waals surface area contributed by atoms with Crippen molar-refractivity contribution in [1.82, 2.24) is 10.2 Å². The minimum atomic E-state index is -0.0125. The van der Waals surface area contributed by atoms with Gasteiger partial charge in [-0.1, -0.05) is 26.0 Å². The van der Waals surface area contributed by atoms with Crippen LogP contribution in [0.3, 0.4) is 0 Å². The number of piperidine rings is 1. The van der Waals surface area contributed by atoms with Gasteiger partial charge in [-0.2, -0.15) is 0 Å². The Labute approximate surface area is 144 Å². The summed E-state index contributed by atoms with van der Waals surface area (Å²) in [6.07, 6.45) is 1.46. The Morgan fingerprint density at radius 1 is 1.29 bits per heavy atom. The molecule has 0 bridgehead atoms. The molecule has 1 heterocycles. The van der Waals surface area contributed by atoms with Gasteiger partial charge in [0.1, 0.15) is 5.75 Å². The third-order valence-electron chi connectivity index (χ3n) is 4.74. The molecular weight excluding hydrogens is 304 g/mol. The summed E-state index contributed by atoms with van der Waals surface area (Å²) >= 11 is 0. The van der Waals surface area contributed by atoms with Crippen LogP contribution in [0, 0.1) is 5.92 Å². The van der Waals surface area contributed by atoms with Crippen LogP contribution in [0.25, 0.3) is 0 Å². The Morgan fingerprint density at radius 3 is 2.50 bits per heavy atom. The molecule has 0 spiro atoms. The van der Waals surface area contributed by atoms with Gasteiger partial charge in [0.05, 0.1) is 7.11 Å². The van der Waals surface area contributed by atoms with Crippen LogP contribution in [0.1, 0.15) is 50.7 Å². The summed E-state index contributed by atoms with van der Waals surface area (Å²) in [5, 5.41) is 3.01. The number of rotatable bonds is 5. The first-order valence-corrected chi connectivity index (χ1v) is 8.62. The Morgan fingerprint density at radius 2 is 1.96 bits per heavy atom. The summed E-state index contributed by atoms with van der Waals surface area (Å²) in [5.41, 5.74) is 2.20. The topological polar surface area (TPSA) is 58.6 Å². The number of hydrogen-bond acceptors (Lipinski definition) is 3. The van der Waals surface area contributed by atoms with E-state index < -0.39 is 0 Å². The van der Waals surface area contributed by atoms with E-state index in [1.807, 2.05) is 12.1 Å². The summed E-state index contributed by atoms with van der Waals surface area (Å²) in [5.74, 6) is 1.39. The minimum Gasteiger partial charge on any atom is -0.496 e. The third kappa shape index (κ3) is 4.49. The average Bonchev–Trinajstić information content (AvgIpc) is 2.59. The van der Waals surface area contributed by atoms with Crippen LogP contribution in [0.15, 0.2) is 18.2 Å². The quantitative estimate of drug-likeness (QED) is 0.902. The zero-order valence-corrected chi connectivity index (χ0v) is 15.1. The van der Waals surface area contributed by atoms with E-state index in [0.29, 0.717) is 25.6 Å². The number of carbonyl (C=O) groups is 2. The molecule has 0 atom stereocenters. The number of likely N-dealkylation sites (tertiary alicyclic amines) is 1. The van der Waals surface area contributed by atoms with E-state index in [-0.39, 0.29) is 17.7 Å². The van der Waals surface area contributed by atoms with Crippen molar-refractivity contribution >= 4 is 11.8 Å². The maximum Gasteiger partial charge on any atom is 0.223 e. The Hall–Kier alpha value is -2.04. The second-order valence-electron chi connectivity index (χ2n) is 6.72. The standard InChI is InChI=1S/C19H28N2O3/c1-13(2)16-5-6-17(18(11-16)24-4)12-20-19(23)15-7-9-21(10-8-15)14(3)22/h5-6,11,13,15H,7-10,12H2,1-4H3,(H,20,23). The van der Waals surface area contributed by atoms with Crippen LogP contribution in [-0.2, 0) is 16.1 Å². The first-order valence-electron chi connectivity index (χ1n) is 8.62. The maximum absolute atomic E-state index is 12.4. The Kier molecular flexibility index (Phi) is 6.23. The number of amides is 2. The maximum atomic E-state index is 12.4. The van der Waals surface area contributed by atoms with E-state index in [9.17, 15) is 9.59 Å². The van der Waals surface area contributed by atoms with Crippen molar-refractivity contribution in [2.24, 2.45) is 5.92 Å². The van der Waals surface area contributed by atoms with Gasteiger partial charge in [0.2, 0.25) is 11.8 Å². The highest BCUT2D eigenvalue weighted by atomic mass is 16.5. The molecule has 24 heavy (non-hydrogen) atoms. The normalized spacial score (nSPS) is 15.5. The first-order chi connectivity index (χ1) is 11.4. The first kappa shape index (κ1) is 18.3. The van der Waals surface area contributed by atoms with Gasteiger partial charge in [0.25, 0.3) is 0 Å². The molecule has 1 saturated heterocycles. The van der Waals surface area contributed by atoms with Gasteiger partial charge in [0, 0.05) is 38.0 Å². The molecule has 0 radical (unpaired) electrons. The molecule has 0 aliphatic carbocycles. The second-order valence-corrected chi connectivity index (χ2v) is 6.72. The molecule has 1 aliphatic heterocycles. The molecule has 0 saturated carbocycles. The van der Waals surface area contributed by atoms with Crippen molar-refractivity contribution in [3.8, 4) is 5.75 Å². The molecule has 1 N–H and O–H groups in total. The van der Waals surface area contributed by atoms with Crippen LogP contribution in [0.2, 0.25) is 0 Å². The molecule has 132 valence electrons. The number of ether oxygens (including phenoxy) is 1. The summed E-state index contributed by atoms with van der Waals surface area (Å²) in [4.78, 5) is 25.5. The molecule has 2 amide bonds. The summed E-state index contributed by atoms with van der Waals surface area (Å²) < 4.78 is 5.46. The lowest BCUT2D eigenvalue weighted by Gasteiger charge is -2.30. The van der Waals surface area contributed by atoms with Crippen molar-refractivity contribution in [3.63, 3.8) is 0 Å². The lowest BCUT2D eigenvalue weighted by molar-refractivity contribution is -0.134. The summed E-state index contributed by atoms with van der Waals surface area (Å²) in [6.45, 7) is 7.66. The van der Waals surface area contributed by atoms with Gasteiger partial charge in [-0.05, 0) is 30.4 Å². The van der Waals surface area contributed by atoms with E-state index in [0.717, 1.165) is 24.2 Å². The molecule has 1 aromatic rings. The number of carbonyl (C=O) groups excluding carboxylic acids is 2. The largest absolute Gasteiger partial charge is 0.496 e. The summed E-state index contributed by atoms with van der Waals surface area (Å²) in [7, 11) is 1.66. The zero-order valence-electron chi connectivity index (χ0n) is 15.1. The number of nitrogens with zero attached hydrogens (tertiary/aromatic N) is 1. The van der Waals surface area contributed by atoms with E-state index >= 15 is 0 Å². The van der Waals surface area contributed by atoms with Crippen LogP contribution in [0.5, 0.6) is 5.75 Å². The van der Waals surface area contributed by atoms with Gasteiger partial charge in [0.15, 0.2) is 0 Å². The fraction of sp³-hybridized carbons (Fsp3) is 0.579. The monoisotopic (exact) mass is 332 g/mol. The minimum absolute atomic E-state index is 0.0125. The Bertz CT molecular complexity index is 590. The van der Waals surface area contributed by atoms with Gasteiger partial charge < -0.3 is 15.0 Å². The van der Waals surface area contributed by atoms with Crippen LogP contribution < -0.4 is 10.1 Å². The Balaban J connectivity index is 1.91. The number of benzene rings is 1. The second kappa shape index (κ2) is 8.18. The predicted molar refractivity (Wildman–Crippen MR) is 93.9 cm³/mol. The highest BCUT2D eigenvalue weighted by Crippen LogP contribution is 2.25. The third-order valence-corrected chi connectivity index (χ3v) is 4.74. The fourth-order valence-corrected chi connectivity index (χ4v) is 3.05. The van der Waals surface area contributed by atoms with Gasteiger partial charge in [-0.25, -0.2) is 0 Å². The number of hydrogen-bond donors (Lipinski definition) is 1. The lowest BCUT2D eigenvalue weighted by Crippen LogP contribution is -2.42. The van der Waals surface area contributed by atoms with Crippen LogP contribution in [0.4, 0.5) is 0 Å². The smallest absolute Gasteiger partial charge is 0.223 e. The highest BCUT2D eigenvalue weighted by Gasteiger charge is 2.25. The molecule has 0 aromatic heterocycles. The van der Waals surface area contributed by atoms with E-state index in [2.05, 4.69) is 25.2 Å². The van der Waals surface area contributed by atoms with E-state index in [1.165, 1.54) is 5.56 Å². The van der Waals surface area contributed by atoms with E-state index in [4.69, 9.17) is 4.74 Å². The SMILES string of the molecule is COc1cc(C(C)C)ccc1CNC(=O)C1CCN(C(C)=O)CC1. The van der Waals surface area contributed by atoms with E-state index in [1.54, 1.807) is 18.9 Å². The van der Waals surface area contributed by atoms with Crippen LogP contribution >= 0.6 is 0 Å².